The van der Waals surface area contributed by atoms with Gasteiger partial charge in [0.2, 0.25) is 0 Å². The van der Waals surface area contributed by atoms with E-state index in [4.69, 9.17) is 17.0 Å². The van der Waals surface area contributed by atoms with Crippen LogP contribution in [0.2, 0.25) is 0 Å². The number of hydrogen-bond acceptors (Lipinski definition) is 3. The fraction of sp³-hybridized carbons (Fsp3) is 0.188. The zero-order valence-electron chi connectivity index (χ0n) is 12.3. The number of ether oxygens (including phenoxy) is 1. The smallest absolute Gasteiger partial charge is 0.190 e. The van der Waals surface area contributed by atoms with Gasteiger partial charge < -0.3 is 10.1 Å². The molecule has 4 nitrogen and oxygen atoms in total. The van der Waals surface area contributed by atoms with Gasteiger partial charge in [-0.25, -0.2) is 5.01 Å². The van der Waals surface area contributed by atoms with Crippen molar-refractivity contribution in [3.63, 3.8) is 0 Å². The van der Waals surface area contributed by atoms with Gasteiger partial charge in [0.15, 0.2) is 5.11 Å². The first-order chi connectivity index (χ1) is 10.5. The van der Waals surface area contributed by atoms with Crippen molar-refractivity contribution in [2.45, 2.75) is 12.6 Å². The van der Waals surface area contributed by atoms with Crippen molar-refractivity contribution in [3.8, 4) is 5.75 Å². The first kappa shape index (κ1) is 15.3. The topological polar surface area (TPSA) is 36.5 Å². The molecule has 2 N–H and O–H groups in total. The molecule has 2 aromatic rings. The van der Waals surface area contributed by atoms with E-state index in [-0.39, 0.29) is 0 Å². The maximum atomic E-state index is 5.48. The predicted octanol–water partition coefficient (Wildman–Crippen LogP) is 3.53. The average Bonchev–Trinajstić information content (AvgIpc) is 2.84. The highest BCUT2D eigenvalue weighted by Crippen LogP contribution is 2.31. The Balaban J connectivity index is 1.90. The van der Waals surface area contributed by atoms with Gasteiger partial charge in [-0.05, 0) is 49.5 Å². The van der Waals surface area contributed by atoms with Crippen LogP contribution in [-0.4, -0.2) is 12.2 Å². The van der Waals surface area contributed by atoms with Crippen LogP contribution in [0.5, 0.6) is 5.75 Å². The van der Waals surface area contributed by atoms with Gasteiger partial charge in [-0.2, -0.15) is 5.43 Å². The van der Waals surface area contributed by atoms with Gasteiger partial charge in [0, 0.05) is 10.0 Å². The lowest BCUT2D eigenvalue weighted by atomic mass is 10.0. The fourth-order valence-electron chi connectivity index (χ4n) is 2.48. The maximum absolute atomic E-state index is 5.48. The summed E-state index contributed by atoms with van der Waals surface area (Å²) < 4.78 is 6.22. The summed E-state index contributed by atoms with van der Waals surface area (Å²) in [5.74, 6) is 0.815. The molecule has 0 bridgehead atoms. The molecule has 1 fully saturated rings. The van der Waals surface area contributed by atoms with Gasteiger partial charge >= 0.3 is 0 Å². The fourth-order valence-corrected chi connectivity index (χ4v) is 3.52. The van der Waals surface area contributed by atoms with E-state index in [0.717, 1.165) is 21.5 Å². The summed E-state index contributed by atoms with van der Waals surface area (Å²) in [4.78, 5) is 0. The van der Waals surface area contributed by atoms with Crippen molar-refractivity contribution in [3.05, 3.63) is 58.6 Å². The van der Waals surface area contributed by atoms with E-state index in [1.165, 1.54) is 0 Å². The minimum Gasteiger partial charge on any atom is -0.497 e. The molecule has 22 heavy (non-hydrogen) atoms. The van der Waals surface area contributed by atoms with Gasteiger partial charge in [-0.1, -0.05) is 34.1 Å². The van der Waals surface area contributed by atoms with Gasteiger partial charge in [0.05, 0.1) is 12.8 Å². The van der Waals surface area contributed by atoms with E-state index >= 15 is 0 Å². The second kappa shape index (κ2) is 5.87. The lowest BCUT2D eigenvalue weighted by molar-refractivity contribution is 0.388. The molecule has 0 unspecified atom stereocenters. The van der Waals surface area contributed by atoms with Crippen LogP contribution in [-0.2, 0) is 5.66 Å². The number of anilines is 1. The van der Waals surface area contributed by atoms with Crippen LogP contribution in [0.25, 0.3) is 0 Å². The number of rotatable bonds is 3. The summed E-state index contributed by atoms with van der Waals surface area (Å²) in [5.41, 5.74) is 5.01. The van der Waals surface area contributed by atoms with E-state index in [9.17, 15) is 0 Å². The van der Waals surface area contributed by atoms with Crippen molar-refractivity contribution >= 4 is 38.9 Å². The quantitative estimate of drug-likeness (QED) is 0.800. The zero-order valence-corrected chi connectivity index (χ0v) is 14.7. The number of nitrogens with one attached hydrogen (secondary N) is 2. The molecule has 0 saturated carbocycles. The minimum atomic E-state index is -0.475. The van der Waals surface area contributed by atoms with E-state index < -0.39 is 5.66 Å². The van der Waals surface area contributed by atoms with Crippen molar-refractivity contribution in [2.75, 3.05) is 12.1 Å². The van der Waals surface area contributed by atoms with Crippen molar-refractivity contribution in [1.29, 1.82) is 0 Å². The Bertz CT molecular complexity index is 707. The number of halogens is 1. The SMILES string of the molecule is COc1ccc(N2N[C@@](C)(c3ccccc3Br)NC2=S)cc1. The zero-order chi connectivity index (χ0) is 15.7. The molecular weight excluding hydrogens is 362 g/mol. The number of nitrogens with zero attached hydrogens (tertiary/aromatic N) is 1. The monoisotopic (exact) mass is 377 g/mol. The van der Waals surface area contributed by atoms with Crippen LogP contribution in [0.4, 0.5) is 5.69 Å². The highest BCUT2D eigenvalue weighted by molar-refractivity contribution is 9.10. The van der Waals surface area contributed by atoms with E-state index in [0.29, 0.717) is 5.11 Å². The van der Waals surface area contributed by atoms with E-state index in [1.54, 1.807) is 7.11 Å². The molecule has 0 radical (unpaired) electrons. The highest BCUT2D eigenvalue weighted by atomic mass is 79.9. The molecule has 1 aliphatic rings. The summed E-state index contributed by atoms with van der Waals surface area (Å²) >= 11 is 9.08. The molecule has 3 rings (SSSR count). The van der Waals surface area contributed by atoms with Crippen LogP contribution in [0, 0.1) is 0 Å². The molecule has 0 aliphatic carbocycles. The van der Waals surface area contributed by atoms with Crippen LogP contribution >= 0.6 is 28.1 Å². The van der Waals surface area contributed by atoms with Gasteiger partial charge in [0.25, 0.3) is 0 Å². The molecule has 1 heterocycles. The van der Waals surface area contributed by atoms with Gasteiger partial charge in [-0.15, -0.1) is 0 Å². The molecule has 0 amide bonds. The summed E-state index contributed by atoms with van der Waals surface area (Å²) in [6, 6.07) is 15.8. The summed E-state index contributed by atoms with van der Waals surface area (Å²) in [5, 5.41) is 5.85. The highest BCUT2D eigenvalue weighted by Gasteiger charge is 2.39. The van der Waals surface area contributed by atoms with Gasteiger partial charge in [0.1, 0.15) is 11.4 Å². The second-order valence-electron chi connectivity index (χ2n) is 5.18. The number of benzene rings is 2. The molecule has 1 aliphatic heterocycles. The van der Waals surface area contributed by atoms with Crippen LogP contribution in [0.3, 0.4) is 0 Å². The number of hydrogen-bond donors (Lipinski definition) is 2. The molecule has 0 aromatic heterocycles. The van der Waals surface area contributed by atoms with E-state index in [1.807, 2.05) is 47.5 Å². The standard InChI is InChI=1S/C16H16BrN3OS/c1-16(13-5-3-4-6-14(13)17)18-15(22)20(19-16)11-7-9-12(21-2)10-8-11/h3-10,19H,1-2H3,(H,18,22)/t16-/m0/s1. The summed E-state index contributed by atoms with van der Waals surface area (Å²) in [7, 11) is 1.65. The maximum Gasteiger partial charge on any atom is 0.190 e. The Morgan fingerprint density at radius 2 is 1.82 bits per heavy atom. The third-order valence-electron chi connectivity index (χ3n) is 3.64. The molecule has 6 heteroatoms. The Labute approximate surface area is 143 Å². The van der Waals surface area contributed by atoms with Gasteiger partial charge in [-0.3, -0.25) is 0 Å². The molecule has 114 valence electrons. The molecule has 2 aromatic carbocycles. The molecular formula is C16H16BrN3OS. The largest absolute Gasteiger partial charge is 0.497 e. The average molecular weight is 378 g/mol. The van der Waals surface area contributed by atoms with Crippen LogP contribution in [0.1, 0.15) is 12.5 Å². The normalized spacial score (nSPS) is 20.9. The summed E-state index contributed by atoms with van der Waals surface area (Å²) in [6.45, 7) is 2.06. The Morgan fingerprint density at radius 3 is 2.45 bits per heavy atom. The third kappa shape index (κ3) is 2.69. The second-order valence-corrected chi connectivity index (χ2v) is 6.42. The summed E-state index contributed by atoms with van der Waals surface area (Å²) in [6.07, 6.45) is 0. The number of thiocarbonyl (C=S) groups is 1. The number of methoxy groups -OCH3 is 1. The Morgan fingerprint density at radius 1 is 1.14 bits per heavy atom. The first-order valence-corrected chi connectivity index (χ1v) is 8.03. The lowest BCUT2D eigenvalue weighted by Gasteiger charge is -2.27. The minimum absolute atomic E-state index is 0.475. The number of hydrazine groups is 1. The van der Waals surface area contributed by atoms with Crippen molar-refractivity contribution < 1.29 is 4.74 Å². The third-order valence-corrected chi connectivity index (χ3v) is 4.61. The lowest BCUT2D eigenvalue weighted by Crippen LogP contribution is -2.46. The first-order valence-electron chi connectivity index (χ1n) is 6.83. The Kier molecular flexibility index (Phi) is 4.08. The van der Waals surface area contributed by atoms with Crippen LogP contribution < -0.4 is 20.5 Å². The Hall–Kier alpha value is -1.63. The molecule has 1 saturated heterocycles. The van der Waals surface area contributed by atoms with Crippen molar-refractivity contribution in [2.24, 2.45) is 0 Å². The van der Waals surface area contributed by atoms with Crippen LogP contribution in [0.15, 0.2) is 53.0 Å². The predicted molar refractivity (Wildman–Crippen MR) is 95.8 cm³/mol. The van der Waals surface area contributed by atoms with Crippen molar-refractivity contribution in [1.82, 2.24) is 10.7 Å². The van der Waals surface area contributed by atoms with E-state index in [2.05, 4.69) is 39.7 Å². The molecule has 0 spiro atoms. The molecule has 1 atom stereocenters.